The fourth-order valence-corrected chi connectivity index (χ4v) is 5.17. The number of ether oxygens (including phenoxy) is 8. The number of aldehydes is 1. The van der Waals surface area contributed by atoms with Gasteiger partial charge in [0.2, 0.25) is 0 Å². The van der Waals surface area contributed by atoms with E-state index in [-0.39, 0.29) is 43.1 Å². The normalized spacial score (nSPS) is 12.9. The van der Waals surface area contributed by atoms with Gasteiger partial charge < -0.3 is 42.7 Å². The van der Waals surface area contributed by atoms with Crippen LogP contribution in [0.4, 0.5) is 4.79 Å². The zero-order valence-corrected chi connectivity index (χ0v) is 39.4. The first kappa shape index (κ1) is 56.3. The van der Waals surface area contributed by atoms with Crippen LogP contribution in [0.1, 0.15) is 79.0 Å². The molecule has 0 aromatic heterocycles. The summed E-state index contributed by atoms with van der Waals surface area (Å²) in [4.78, 5) is 33.9. The predicted octanol–water partition coefficient (Wildman–Crippen LogP) is 9.70. The molecule has 0 heterocycles. The van der Waals surface area contributed by atoms with E-state index in [1.807, 2.05) is 78.9 Å². The van der Waals surface area contributed by atoms with Crippen LogP contribution in [0.2, 0.25) is 0 Å². The Morgan fingerprint density at radius 1 is 0.603 bits per heavy atom. The van der Waals surface area contributed by atoms with Crippen molar-refractivity contribution in [3.05, 3.63) is 132 Å². The molecule has 0 aliphatic heterocycles. The molecule has 3 aromatic rings. The first-order valence-corrected chi connectivity index (χ1v) is 21.6. The summed E-state index contributed by atoms with van der Waals surface area (Å²) in [5.41, 5.74) is 2.72. The quantitative estimate of drug-likeness (QED) is 0.0271. The summed E-state index contributed by atoms with van der Waals surface area (Å²) in [7, 11) is 1.24. The van der Waals surface area contributed by atoms with Crippen LogP contribution in [0.25, 0.3) is 0 Å². The molecule has 0 saturated heterocycles. The molecule has 12 heteroatoms. The zero-order chi connectivity index (χ0) is 46.9. The maximum absolute atomic E-state index is 11.9. The van der Waals surface area contributed by atoms with E-state index in [9.17, 15) is 14.4 Å². The average Bonchev–Trinajstić information content (AvgIpc) is 3.25. The standard InChI is InChI=1S/C22H33NO6.C15H22O2.C14H20O3/c1-16(2)19(28-14-17-10-8-7-9-11-17)15-27-13-12-18(20(24)26-6)23-21(25)29-22(3,4)5;1-4-10-16-12-15(13(2)3)17-11-14-8-6-5-7-9-14;1-12(2)14(11-16-9-8-15)17-10-13-6-4-3-5-7-13/h7-12,16,19H,13-15H2,1-6H3,(H,23,25);4-9,13,15H,1,10-12H2,2-3H3;3-8,12,14H,9-11H2,1-2H3/b18-12-;;/t19-;15-;14-/m111/s1. The highest BCUT2D eigenvalue weighted by molar-refractivity contribution is 5.92. The van der Waals surface area contributed by atoms with Crippen molar-refractivity contribution in [2.24, 2.45) is 17.8 Å². The van der Waals surface area contributed by atoms with Crippen molar-refractivity contribution in [3.63, 3.8) is 0 Å². The second-order valence-electron chi connectivity index (χ2n) is 16.5. The highest BCUT2D eigenvalue weighted by Crippen LogP contribution is 2.14. The van der Waals surface area contributed by atoms with Crippen LogP contribution in [0.3, 0.4) is 0 Å². The van der Waals surface area contributed by atoms with E-state index in [1.54, 1.807) is 26.8 Å². The van der Waals surface area contributed by atoms with Crippen LogP contribution in [-0.4, -0.2) is 89.0 Å². The summed E-state index contributed by atoms with van der Waals surface area (Å²) >= 11 is 0. The van der Waals surface area contributed by atoms with Gasteiger partial charge in [0.05, 0.1) is 78.3 Å². The second-order valence-corrected chi connectivity index (χ2v) is 16.5. The van der Waals surface area contributed by atoms with Gasteiger partial charge in [-0.05, 0) is 61.3 Å². The predicted molar refractivity (Wildman–Crippen MR) is 248 cm³/mol. The van der Waals surface area contributed by atoms with Crippen molar-refractivity contribution in [1.29, 1.82) is 0 Å². The van der Waals surface area contributed by atoms with E-state index < -0.39 is 17.7 Å². The van der Waals surface area contributed by atoms with Crippen LogP contribution in [0, 0.1) is 17.8 Å². The van der Waals surface area contributed by atoms with Gasteiger partial charge in [-0.25, -0.2) is 9.59 Å². The molecular formula is C51H75NO11. The van der Waals surface area contributed by atoms with Gasteiger partial charge >= 0.3 is 12.1 Å². The molecule has 0 spiro atoms. The summed E-state index contributed by atoms with van der Waals surface area (Å²) in [5, 5.41) is 2.40. The number of esters is 1. The number of hydrogen-bond acceptors (Lipinski definition) is 11. The third-order valence-electron chi connectivity index (χ3n) is 8.87. The summed E-state index contributed by atoms with van der Waals surface area (Å²) in [6.45, 7) is 25.4. The summed E-state index contributed by atoms with van der Waals surface area (Å²) in [6, 6.07) is 30.1. The van der Waals surface area contributed by atoms with Gasteiger partial charge in [-0.2, -0.15) is 0 Å². The number of amides is 1. The number of alkyl carbamates (subject to hydrolysis) is 1. The van der Waals surface area contributed by atoms with Crippen LogP contribution in [0.5, 0.6) is 0 Å². The monoisotopic (exact) mass is 878 g/mol. The lowest BCUT2D eigenvalue weighted by Crippen LogP contribution is -2.34. The molecule has 0 aliphatic carbocycles. The van der Waals surface area contributed by atoms with E-state index in [0.29, 0.717) is 58.1 Å². The van der Waals surface area contributed by atoms with Gasteiger partial charge in [0, 0.05) is 0 Å². The number of hydrogen-bond donors (Lipinski definition) is 1. The second kappa shape index (κ2) is 33.8. The highest BCUT2D eigenvalue weighted by Gasteiger charge is 2.21. The Labute approximate surface area is 377 Å². The molecule has 350 valence electrons. The van der Waals surface area contributed by atoms with Crippen LogP contribution >= 0.6 is 0 Å². The highest BCUT2D eigenvalue weighted by atomic mass is 16.6. The van der Waals surface area contributed by atoms with Crippen molar-refractivity contribution < 1.29 is 52.3 Å². The van der Waals surface area contributed by atoms with E-state index in [4.69, 9.17) is 33.2 Å². The number of carbonyl (C=O) groups excluding carboxylic acids is 3. The molecule has 1 N–H and O–H groups in total. The minimum Gasteiger partial charge on any atom is -0.464 e. The maximum Gasteiger partial charge on any atom is 0.412 e. The first-order chi connectivity index (χ1) is 30.1. The maximum atomic E-state index is 11.9. The van der Waals surface area contributed by atoms with Gasteiger partial charge in [-0.3, -0.25) is 5.32 Å². The van der Waals surface area contributed by atoms with E-state index in [0.717, 1.165) is 17.4 Å². The lowest BCUT2D eigenvalue weighted by atomic mass is 10.1. The van der Waals surface area contributed by atoms with E-state index in [2.05, 4.69) is 70.3 Å². The molecule has 0 bridgehead atoms. The number of rotatable bonds is 26. The van der Waals surface area contributed by atoms with Gasteiger partial charge in [0.25, 0.3) is 0 Å². The molecule has 12 nitrogen and oxygen atoms in total. The van der Waals surface area contributed by atoms with Gasteiger partial charge in [-0.1, -0.05) is 139 Å². The topological polar surface area (TPSA) is 137 Å². The molecule has 0 unspecified atom stereocenters. The largest absolute Gasteiger partial charge is 0.464 e. The summed E-state index contributed by atoms with van der Waals surface area (Å²) < 4.78 is 43.8. The molecule has 0 fully saturated rings. The molecule has 3 rings (SSSR count). The van der Waals surface area contributed by atoms with Crippen LogP contribution in [0.15, 0.2) is 115 Å². The fraction of sp³-hybridized carbons (Fsp3) is 0.510. The number of nitrogens with one attached hydrogen (secondary N) is 1. The summed E-state index contributed by atoms with van der Waals surface area (Å²) in [5.74, 6) is 0.386. The van der Waals surface area contributed by atoms with E-state index in [1.165, 1.54) is 18.7 Å². The Hall–Kier alpha value is -4.69. The van der Waals surface area contributed by atoms with Crippen LogP contribution in [-0.2, 0) is 67.3 Å². The third kappa shape index (κ3) is 28.6. The molecular weight excluding hydrogens is 803 g/mol. The molecule has 3 aromatic carbocycles. The number of methoxy groups -OCH3 is 1. The fourth-order valence-electron chi connectivity index (χ4n) is 5.17. The molecule has 0 saturated carbocycles. The molecule has 0 radical (unpaired) electrons. The van der Waals surface area contributed by atoms with Crippen molar-refractivity contribution in [3.8, 4) is 0 Å². The van der Waals surface area contributed by atoms with Crippen molar-refractivity contribution >= 4 is 18.3 Å². The third-order valence-corrected chi connectivity index (χ3v) is 8.87. The molecule has 63 heavy (non-hydrogen) atoms. The van der Waals surface area contributed by atoms with Crippen molar-refractivity contribution in [2.45, 2.75) is 106 Å². The summed E-state index contributed by atoms with van der Waals surface area (Å²) in [6.07, 6.45) is 3.28. The smallest absolute Gasteiger partial charge is 0.412 e. The Bertz CT molecular complexity index is 1590. The van der Waals surface area contributed by atoms with Gasteiger partial charge in [0.15, 0.2) is 0 Å². The minimum atomic E-state index is -0.736. The number of benzene rings is 3. The van der Waals surface area contributed by atoms with Gasteiger partial charge in [0.1, 0.15) is 24.2 Å². The van der Waals surface area contributed by atoms with Crippen LogP contribution < -0.4 is 5.32 Å². The Balaban J connectivity index is 0.000000502. The lowest BCUT2D eigenvalue weighted by molar-refractivity contribution is -0.136. The number of carbonyl (C=O) groups is 3. The Morgan fingerprint density at radius 2 is 0.968 bits per heavy atom. The minimum absolute atomic E-state index is 0.0233. The lowest BCUT2D eigenvalue weighted by Gasteiger charge is -2.21. The average molecular weight is 878 g/mol. The Morgan fingerprint density at radius 3 is 1.29 bits per heavy atom. The van der Waals surface area contributed by atoms with Crippen molar-refractivity contribution in [1.82, 2.24) is 5.32 Å². The first-order valence-electron chi connectivity index (χ1n) is 21.6. The zero-order valence-electron chi connectivity index (χ0n) is 39.4. The molecule has 1 amide bonds. The molecule has 0 aliphatic rings. The van der Waals surface area contributed by atoms with E-state index >= 15 is 0 Å². The Kier molecular flexibility index (Phi) is 30.2. The van der Waals surface area contributed by atoms with Crippen molar-refractivity contribution in [2.75, 3.05) is 46.8 Å². The van der Waals surface area contributed by atoms with Gasteiger partial charge in [-0.15, -0.1) is 6.58 Å². The SMILES string of the molecule is C=CCOC[C@@H](OCc1ccccc1)C(C)C.CC(C)[C@@H](COCC=O)OCc1ccccc1.COC(=O)/C(=C/COC[C@@H](OCc1ccccc1)C(C)C)NC(=O)OC(C)(C)C. The molecule has 3 atom stereocenters.